The van der Waals surface area contributed by atoms with Crippen molar-refractivity contribution in [3.05, 3.63) is 34.3 Å². The van der Waals surface area contributed by atoms with E-state index in [1.807, 2.05) is 0 Å². The molecule has 0 atom stereocenters. The van der Waals surface area contributed by atoms with Crippen molar-refractivity contribution in [1.82, 2.24) is 4.90 Å². The van der Waals surface area contributed by atoms with Crippen molar-refractivity contribution >= 4 is 17.9 Å². The summed E-state index contributed by atoms with van der Waals surface area (Å²) in [6.45, 7) is 4.39. The van der Waals surface area contributed by atoms with Crippen LogP contribution in [0.1, 0.15) is 42.6 Å². The fraction of sp³-hybridized carbons (Fsp3) is 0.533. The first kappa shape index (κ1) is 19.9. The molecular weight excluding hydrogens is 303 g/mol. The van der Waals surface area contributed by atoms with Gasteiger partial charge >= 0.3 is 6.18 Å². The highest BCUT2D eigenvalue weighted by Crippen LogP contribution is 2.21. The maximum Gasteiger partial charge on any atom is 0.390 e. The van der Waals surface area contributed by atoms with Crippen molar-refractivity contribution in [2.75, 3.05) is 13.6 Å². The van der Waals surface area contributed by atoms with Crippen LogP contribution in [-0.2, 0) is 6.54 Å². The molecule has 0 fully saturated rings. The van der Waals surface area contributed by atoms with Gasteiger partial charge < -0.3 is 4.90 Å². The second-order valence-corrected chi connectivity index (χ2v) is 5.21. The Bertz CT molecular complexity index is 435. The molecule has 1 aromatic rings. The minimum atomic E-state index is -4.17. The number of carbonyl (C=O) groups is 1. The molecule has 120 valence electrons. The Morgan fingerprint density at radius 2 is 1.86 bits per heavy atom. The van der Waals surface area contributed by atoms with Crippen LogP contribution in [0.4, 0.5) is 13.2 Å². The molecule has 0 saturated heterocycles. The molecule has 1 aromatic carbocycles. The van der Waals surface area contributed by atoms with Crippen molar-refractivity contribution in [1.29, 1.82) is 0 Å². The van der Waals surface area contributed by atoms with Crippen LogP contribution in [0, 0.1) is 0 Å². The predicted octanol–water partition coefficient (Wildman–Crippen LogP) is 4.95. The van der Waals surface area contributed by atoms with Gasteiger partial charge in [-0.25, -0.2) is 0 Å². The smallest absolute Gasteiger partial charge is 0.302 e. The van der Waals surface area contributed by atoms with Crippen LogP contribution in [0.2, 0.25) is 5.02 Å². The number of nitrogens with zero attached hydrogens (tertiary/aromatic N) is 1. The number of hydrogen-bond donors (Lipinski definition) is 0. The lowest BCUT2D eigenvalue weighted by Gasteiger charge is -2.18. The Balaban J connectivity index is 0.00000122. The molecule has 0 aliphatic rings. The van der Waals surface area contributed by atoms with Crippen molar-refractivity contribution in [2.24, 2.45) is 0 Å². The van der Waals surface area contributed by atoms with Crippen molar-refractivity contribution < 1.29 is 18.0 Å². The van der Waals surface area contributed by atoms with E-state index in [0.717, 1.165) is 0 Å². The summed E-state index contributed by atoms with van der Waals surface area (Å²) in [5.41, 5.74) is 1.07. The van der Waals surface area contributed by atoms with Gasteiger partial charge in [0.25, 0.3) is 0 Å². The van der Waals surface area contributed by atoms with Crippen LogP contribution < -0.4 is 0 Å². The highest BCUT2D eigenvalue weighted by Gasteiger charge is 2.27. The van der Waals surface area contributed by atoms with Crippen LogP contribution in [0.5, 0.6) is 0 Å². The van der Waals surface area contributed by atoms with Gasteiger partial charge in [0.2, 0.25) is 0 Å². The van der Waals surface area contributed by atoms with Gasteiger partial charge in [0, 0.05) is 23.7 Å². The molecule has 0 aliphatic carbocycles. The average molecular weight is 324 g/mol. The highest BCUT2D eigenvalue weighted by atomic mass is 35.5. The van der Waals surface area contributed by atoms with Crippen molar-refractivity contribution in [3.63, 3.8) is 0 Å². The number of alkyl halides is 3. The SMILES string of the molecule is CCC.CN(CCC(F)(F)F)Cc1cc(Cl)ccc1C=O. The zero-order chi connectivity index (χ0) is 16.5. The van der Waals surface area contributed by atoms with Gasteiger partial charge in [-0.05, 0) is 30.8 Å². The van der Waals surface area contributed by atoms with E-state index in [1.165, 1.54) is 11.3 Å². The van der Waals surface area contributed by atoms with Crippen LogP contribution in [0.3, 0.4) is 0 Å². The summed E-state index contributed by atoms with van der Waals surface area (Å²) in [4.78, 5) is 12.3. The lowest BCUT2D eigenvalue weighted by molar-refractivity contribution is -0.137. The molecule has 0 aromatic heterocycles. The van der Waals surface area contributed by atoms with Crippen LogP contribution in [0.25, 0.3) is 0 Å². The number of halogens is 4. The molecule has 6 heteroatoms. The molecule has 0 saturated carbocycles. The van der Waals surface area contributed by atoms with E-state index in [2.05, 4.69) is 13.8 Å². The normalized spacial score (nSPS) is 11.0. The fourth-order valence-corrected chi connectivity index (χ4v) is 1.71. The number of hydrogen-bond acceptors (Lipinski definition) is 2. The second-order valence-electron chi connectivity index (χ2n) is 4.77. The predicted molar refractivity (Wildman–Crippen MR) is 79.8 cm³/mol. The molecule has 21 heavy (non-hydrogen) atoms. The summed E-state index contributed by atoms with van der Waals surface area (Å²) in [5.74, 6) is 0. The van der Waals surface area contributed by atoms with Gasteiger partial charge in [0.1, 0.15) is 6.29 Å². The van der Waals surface area contributed by atoms with Crippen LogP contribution in [0.15, 0.2) is 18.2 Å². The topological polar surface area (TPSA) is 20.3 Å². The van der Waals surface area contributed by atoms with E-state index >= 15 is 0 Å². The number of carbonyl (C=O) groups excluding carboxylic acids is 1. The van der Waals surface area contributed by atoms with Gasteiger partial charge in [0.15, 0.2) is 0 Å². The summed E-state index contributed by atoms with van der Waals surface area (Å²) in [7, 11) is 1.57. The van der Waals surface area contributed by atoms with E-state index in [1.54, 1.807) is 25.2 Å². The number of aldehydes is 1. The third kappa shape index (κ3) is 9.47. The van der Waals surface area contributed by atoms with Crippen molar-refractivity contribution in [3.8, 4) is 0 Å². The maximum absolute atomic E-state index is 12.1. The molecule has 2 nitrogen and oxygen atoms in total. The zero-order valence-corrected chi connectivity index (χ0v) is 13.3. The standard InChI is InChI=1S/C12H13ClF3NO.C3H8/c1-17(5-4-12(14,15)16)7-10-6-11(13)3-2-9(10)8-18;1-3-2/h2-3,6,8H,4-5,7H2,1H3;3H2,1-2H3. The molecule has 0 radical (unpaired) electrons. The summed E-state index contributed by atoms with van der Waals surface area (Å²) < 4.78 is 36.2. The van der Waals surface area contributed by atoms with Gasteiger partial charge in [0.05, 0.1) is 6.42 Å². The quantitative estimate of drug-likeness (QED) is 0.714. The van der Waals surface area contributed by atoms with Crippen LogP contribution in [-0.4, -0.2) is 31.0 Å². The fourth-order valence-electron chi connectivity index (χ4n) is 1.51. The Labute approximate surface area is 128 Å². The maximum atomic E-state index is 12.1. The van der Waals surface area contributed by atoms with E-state index in [4.69, 9.17) is 11.6 Å². The monoisotopic (exact) mass is 323 g/mol. The minimum Gasteiger partial charge on any atom is -0.302 e. The Morgan fingerprint density at radius 1 is 1.29 bits per heavy atom. The highest BCUT2D eigenvalue weighted by molar-refractivity contribution is 6.30. The Morgan fingerprint density at radius 3 is 2.33 bits per heavy atom. The second kappa shape index (κ2) is 9.79. The van der Waals surface area contributed by atoms with Gasteiger partial charge in [-0.3, -0.25) is 4.79 Å². The molecule has 0 bridgehead atoms. The number of benzene rings is 1. The largest absolute Gasteiger partial charge is 0.390 e. The third-order valence-corrected chi connectivity index (χ3v) is 2.68. The first-order valence-corrected chi connectivity index (χ1v) is 7.10. The molecule has 0 spiro atoms. The summed E-state index contributed by atoms with van der Waals surface area (Å²) in [5, 5.41) is 0.458. The van der Waals surface area contributed by atoms with Gasteiger partial charge in [-0.15, -0.1) is 0 Å². The lowest BCUT2D eigenvalue weighted by Crippen LogP contribution is -2.24. The summed E-state index contributed by atoms with van der Waals surface area (Å²) >= 11 is 5.79. The van der Waals surface area contributed by atoms with Gasteiger partial charge in [-0.1, -0.05) is 31.9 Å². The van der Waals surface area contributed by atoms with Gasteiger partial charge in [-0.2, -0.15) is 13.2 Å². The molecule has 0 amide bonds. The molecule has 1 rings (SSSR count). The zero-order valence-electron chi connectivity index (χ0n) is 12.5. The van der Waals surface area contributed by atoms with Crippen LogP contribution >= 0.6 is 11.6 Å². The molecule has 0 N–H and O–H groups in total. The first-order valence-electron chi connectivity index (χ1n) is 6.72. The average Bonchev–Trinajstić information content (AvgIpc) is 2.37. The van der Waals surface area contributed by atoms with E-state index in [-0.39, 0.29) is 13.1 Å². The van der Waals surface area contributed by atoms with E-state index in [9.17, 15) is 18.0 Å². The summed E-state index contributed by atoms with van der Waals surface area (Å²) in [6.07, 6.45) is -3.13. The molecule has 0 heterocycles. The van der Waals surface area contributed by atoms with Crippen molar-refractivity contribution in [2.45, 2.75) is 39.4 Å². The lowest BCUT2D eigenvalue weighted by atomic mass is 10.1. The Kier molecular flexibility index (Phi) is 9.29. The Hall–Kier alpha value is -1.07. The minimum absolute atomic E-state index is 0.117. The van der Waals surface area contributed by atoms with E-state index < -0.39 is 12.6 Å². The summed E-state index contributed by atoms with van der Waals surface area (Å²) in [6, 6.07) is 4.72. The molecule has 0 unspecified atom stereocenters. The number of rotatable bonds is 5. The molecular formula is C15H21ClF3NO. The first-order chi connectivity index (χ1) is 9.73. The third-order valence-electron chi connectivity index (χ3n) is 2.45. The molecule has 0 aliphatic heterocycles. The van der Waals surface area contributed by atoms with E-state index in [0.29, 0.717) is 22.4 Å².